The van der Waals surface area contributed by atoms with Gasteiger partial charge >= 0.3 is 0 Å². The average molecular weight is 486 g/mol. The molecule has 2 aliphatic rings. The number of imidazole rings is 1. The van der Waals surface area contributed by atoms with E-state index in [9.17, 15) is 0 Å². The summed E-state index contributed by atoms with van der Waals surface area (Å²) in [4.78, 5) is 15.8. The van der Waals surface area contributed by atoms with Crippen LogP contribution in [0.5, 0.6) is 0 Å². The van der Waals surface area contributed by atoms with E-state index in [0.29, 0.717) is 5.92 Å². The van der Waals surface area contributed by atoms with Crippen LogP contribution in [0.15, 0.2) is 36.8 Å². The maximum absolute atomic E-state index is 5.39. The first-order valence-electron chi connectivity index (χ1n) is 13.7. The Morgan fingerprint density at radius 3 is 2.67 bits per heavy atom. The highest BCUT2D eigenvalue weighted by Crippen LogP contribution is 2.35. The highest BCUT2D eigenvalue weighted by molar-refractivity contribution is 5.79. The summed E-state index contributed by atoms with van der Waals surface area (Å²) in [6.45, 7) is 16.4. The van der Waals surface area contributed by atoms with Gasteiger partial charge in [0.05, 0.1) is 16.9 Å². The second kappa shape index (κ2) is 13.2. The molecule has 0 radical (unpaired) electrons. The third-order valence-corrected chi connectivity index (χ3v) is 6.91. The number of terminal acetylenes is 1. The second-order valence-corrected chi connectivity index (χ2v) is 9.00. The van der Waals surface area contributed by atoms with Crippen molar-refractivity contribution < 1.29 is 0 Å². The molecular formula is C31H43N5. The van der Waals surface area contributed by atoms with E-state index in [-0.39, 0.29) is 0 Å². The van der Waals surface area contributed by atoms with Gasteiger partial charge < -0.3 is 9.88 Å². The molecule has 36 heavy (non-hydrogen) atoms. The zero-order valence-electron chi connectivity index (χ0n) is 22.9. The Balaban J connectivity index is 0.000000861. The Morgan fingerprint density at radius 1 is 1.22 bits per heavy atom. The van der Waals surface area contributed by atoms with Gasteiger partial charge in [0.1, 0.15) is 11.5 Å². The molecule has 1 aliphatic carbocycles. The molecule has 5 rings (SSSR count). The first-order chi connectivity index (χ1) is 17.7. The molecule has 1 fully saturated rings. The number of hydrogen-bond donors (Lipinski definition) is 1. The van der Waals surface area contributed by atoms with Crippen molar-refractivity contribution in [3.05, 3.63) is 59.6 Å². The lowest BCUT2D eigenvalue weighted by molar-refractivity contribution is 0.251. The monoisotopic (exact) mass is 485 g/mol. The number of nitrogens with zero attached hydrogens (tertiary/aromatic N) is 4. The Kier molecular flexibility index (Phi) is 9.99. The minimum absolute atomic E-state index is 0.428. The van der Waals surface area contributed by atoms with Crippen LogP contribution < -0.4 is 0 Å². The van der Waals surface area contributed by atoms with Crippen LogP contribution in [-0.4, -0.2) is 37.3 Å². The molecule has 1 saturated heterocycles. The smallest absolute Gasteiger partial charge is 0.117 e. The van der Waals surface area contributed by atoms with Crippen LogP contribution in [0, 0.1) is 19.3 Å². The lowest BCUT2D eigenvalue weighted by Gasteiger charge is -2.34. The van der Waals surface area contributed by atoms with E-state index in [4.69, 9.17) is 11.4 Å². The van der Waals surface area contributed by atoms with Crippen molar-refractivity contribution in [3.63, 3.8) is 0 Å². The number of H-pyrrole nitrogens is 1. The maximum Gasteiger partial charge on any atom is 0.117 e. The number of hydrogen-bond acceptors (Lipinski definition) is 3. The fourth-order valence-electron chi connectivity index (χ4n) is 5.14. The van der Waals surface area contributed by atoms with Crippen molar-refractivity contribution in [2.45, 2.75) is 85.5 Å². The highest BCUT2D eigenvalue weighted by atomic mass is 15.1. The summed E-state index contributed by atoms with van der Waals surface area (Å²) >= 11 is 0. The summed E-state index contributed by atoms with van der Waals surface area (Å²) in [5.74, 6) is 4.31. The minimum Gasteiger partial charge on any atom is -0.375 e. The molecule has 1 aliphatic heterocycles. The summed E-state index contributed by atoms with van der Waals surface area (Å²) in [6.07, 6.45) is 21.0. The maximum atomic E-state index is 5.39. The van der Waals surface area contributed by atoms with Crippen LogP contribution in [0.4, 0.5) is 0 Å². The zero-order chi connectivity index (χ0) is 26.1. The van der Waals surface area contributed by atoms with Crippen molar-refractivity contribution in [2.75, 3.05) is 13.1 Å². The Bertz CT molecular complexity index is 1210. The molecule has 0 spiro atoms. The van der Waals surface area contributed by atoms with E-state index in [2.05, 4.69) is 63.1 Å². The Labute approximate surface area is 217 Å². The van der Waals surface area contributed by atoms with Gasteiger partial charge in [0, 0.05) is 49.2 Å². The van der Waals surface area contributed by atoms with E-state index in [1.165, 1.54) is 17.0 Å². The Hall–Kier alpha value is -3.26. The van der Waals surface area contributed by atoms with Crippen LogP contribution in [0.25, 0.3) is 23.0 Å². The summed E-state index contributed by atoms with van der Waals surface area (Å²) < 4.78 is 2.27. The van der Waals surface area contributed by atoms with Crippen molar-refractivity contribution in [1.29, 1.82) is 0 Å². The second-order valence-electron chi connectivity index (χ2n) is 9.00. The normalized spacial score (nSPS) is 14.8. The third kappa shape index (κ3) is 5.75. The number of aromatic nitrogens is 4. The molecule has 0 saturated carbocycles. The summed E-state index contributed by atoms with van der Waals surface area (Å²) in [5.41, 5.74) is 8.07. The number of aryl methyl sites for hydroxylation is 2. The Morgan fingerprint density at radius 2 is 1.97 bits per heavy atom. The molecule has 5 nitrogen and oxygen atoms in total. The number of aromatic amines is 1. The molecule has 3 aromatic rings. The topological polar surface area (TPSA) is 49.2 Å². The van der Waals surface area contributed by atoms with Crippen molar-refractivity contribution in [1.82, 2.24) is 24.3 Å². The van der Waals surface area contributed by atoms with Gasteiger partial charge in [0.2, 0.25) is 0 Å². The van der Waals surface area contributed by atoms with Gasteiger partial charge in [-0.15, -0.1) is 12.3 Å². The van der Waals surface area contributed by atoms with Gasteiger partial charge in [-0.2, -0.15) is 0 Å². The van der Waals surface area contributed by atoms with E-state index in [1.807, 2.05) is 33.9 Å². The molecule has 5 heteroatoms. The molecule has 0 bridgehead atoms. The quantitative estimate of drug-likeness (QED) is 0.290. The standard InChI is InChI=1S/C27H31N5.2C2H6/c1-4-5-6-9-19(2)31-15-12-21(13-16-31)27-30-25(26-20(3)28-14-17-32(26)27)24-18-22-10-7-8-11-23(22)29-24;2*1-2/h1,8,11,14,17-18,21,29H,2,5-7,9-10,12-13,15-16H2,3H3;2*1-2H3. The summed E-state index contributed by atoms with van der Waals surface area (Å²) in [7, 11) is 0. The van der Waals surface area contributed by atoms with Crippen molar-refractivity contribution in [3.8, 4) is 23.7 Å². The van der Waals surface area contributed by atoms with E-state index in [0.717, 1.165) is 86.5 Å². The number of nitrogens with one attached hydrogen (secondary N) is 1. The third-order valence-electron chi connectivity index (χ3n) is 6.91. The molecule has 1 N–H and O–H groups in total. The highest BCUT2D eigenvalue weighted by Gasteiger charge is 2.27. The van der Waals surface area contributed by atoms with E-state index < -0.39 is 0 Å². The number of fused-ring (bicyclic) bond motifs is 2. The predicted octanol–water partition coefficient (Wildman–Crippen LogP) is 7.54. The van der Waals surface area contributed by atoms with E-state index >= 15 is 0 Å². The van der Waals surface area contributed by atoms with Crippen LogP contribution >= 0.6 is 0 Å². The summed E-state index contributed by atoms with van der Waals surface area (Å²) in [5, 5.41) is 0. The molecular weight excluding hydrogens is 442 g/mol. The molecule has 3 aromatic heterocycles. The predicted molar refractivity (Wildman–Crippen MR) is 153 cm³/mol. The lowest BCUT2D eigenvalue weighted by Crippen LogP contribution is -2.32. The van der Waals surface area contributed by atoms with Crippen LogP contribution in [-0.2, 0) is 6.42 Å². The van der Waals surface area contributed by atoms with Gasteiger partial charge in [0.25, 0.3) is 0 Å². The van der Waals surface area contributed by atoms with Gasteiger partial charge in [-0.1, -0.05) is 40.3 Å². The van der Waals surface area contributed by atoms with E-state index in [1.54, 1.807) is 0 Å². The molecule has 0 unspecified atom stereocenters. The molecule has 0 atom stereocenters. The zero-order valence-corrected chi connectivity index (χ0v) is 22.9. The lowest BCUT2D eigenvalue weighted by atomic mass is 9.95. The molecule has 192 valence electrons. The summed E-state index contributed by atoms with van der Waals surface area (Å²) in [6, 6.07) is 2.28. The first kappa shape index (κ1) is 27.3. The van der Waals surface area contributed by atoms with Gasteiger partial charge in [-0.05, 0) is 63.2 Å². The molecule has 0 amide bonds. The number of piperidine rings is 1. The number of likely N-dealkylation sites (tertiary alicyclic amines) is 1. The van der Waals surface area contributed by atoms with Crippen molar-refractivity contribution >= 4 is 11.6 Å². The SMILES string of the molecule is C#CCCCC(=C)N1CCC(c2nc(-c3cc4c([nH]3)C=CCC4)c3c(C)nccn23)CC1.CC.CC. The molecule has 0 aromatic carbocycles. The van der Waals surface area contributed by atoms with Crippen LogP contribution in [0.1, 0.15) is 94.9 Å². The minimum atomic E-state index is 0.428. The largest absolute Gasteiger partial charge is 0.375 e. The number of allylic oxidation sites excluding steroid dienone is 2. The van der Waals surface area contributed by atoms with Crippen molar-refractivity contribution in [2.24, 2.45) is 0 Å². The first-order valence-corrected chi connectivity index (χ1v) is 13.7. The van der Waals surface area contributed by atoms with Gasteiger partial charge in [-0.3, -0.25) is 9.38 Å². The van der Waals surface area contributed by atoms with Gasteiger partial charge in [0.15, 0.2) is 0 Å². The average Bonchev–Trinajstić information content (AvgIpc) is 3.54. The van der Waals surface area contributed by atoms with Crippen LogP contribution in [0.3, 0.4) is 0 Å². The van der Waals surface area contributed by atoms with Crippen LogP contribution in [0.2, 0.25) is 0 Å². The van der Waals surface area contributed by atoms with Gasteiger partial charge in [-0.25, -0.2) is 4.98 Å². The number of rotatable bonds is 6. The fraction of sp³-hybridized carbons (Fsp3) is 0.484. The number of unbranched alkanes of at least 4 members (excludes halogenated alkanes) is 1. The molecule has 4 heterocycles. The fourth-order valence-corrected chi connectivity index (χ4v) is 5.14.